The average molecular weight is 516 g/mol. The lowest BCUT2D eigenvalue weighted by Crippen LogP contribution is -2.41. The van der Waals surface area contributed by atoms with Gasteiger partial charge in [0, 0.05) is 23.7 Å². The van der Waals surface area contributed by atoms with Gasteiger partial charge in [-0.25, -0.2) is 9.80 Å². The van der Waals surface area contributed by atoms with Gasteiger partial charge in [0.2, 0.25) is 0 Å². The van der Waals surface area contributed by atoms with Crippen molar-refractivity contribution in [3.63, 3.8) is 0 Å². The van der Waals surface area contributed by atoms with Crippen molar-refractivity contribution in [3.05, 3.63) is 88.5 Å². The third-order valence-electron chi connectivity index (χ3n) is 6.29. The number of hydrazone groups is 1. The molecule has 0 aromatic heterocycles. The monoisotopic (exact) mass is 515 g/mol. The van der Waals surface area contributed by atoms with Crippen LogP contribution in [0.15, 0.2) is 65.8 Å². The van der Waals surface area contributed by atoms with Crippen LogP contribution in [0.25, 0.3) is 0 Å². The van der Waals surface area contributed by atoms with Gasteiger partial charge in [0.25, 0.3) is 11.8 Å². The minimum Gasteiger partial charge on any atom is -0.493 e. The van der Waals surface area contributed by atoms with Crippen LogP contribution < -0.4 is 25.8 Å². The van der Waals surface area contributed by atoms with Crippen LogP contribution in [-0.2, 0) is 6.42 Å². The molecule has 4 rings (SSSR count). The topological polar surface area (TPSA) is 135 Å². The van der Waals surface area contributed by atoms with E-state index in [-0.39, 0.29) is 17.6 Å². The molecule has 1 atom stereocenters. The van der Waals surface area contributed by atoms with Crippen LogP contribution in [0.4, 0.5) is 10.5 Å². The zero-order valence-corrected chi connectivity index (χ0v) is 21.6. The Labute approximate surface area is 220 Å². The van der Waals surface area contributed by atoms with Crippen LogP contribution in [0.1, 0.15) is 44.3 Å². The average Bonchev–Trinajstić information content (AvgIpc) is 3.07. The van der Waals surface area contributed by atoms with Crippen molar-refractivity contribution < 1.29 is 23.9 Å². The van der Waals surface area contributed by atoms with Crippen molar-refractivity contribution in [2.45, 2.75) is 19.4 Å². The molecule has 1 aliphatic rings. The van der Waals surface area contributed by atoms with Gasteiger partial charge in [-0.1, -0.05) is 24.3 Å². The van der Waals surface area contributed by atoms with Crippen LogP contribution in [0, 0.1) is 0 Å². The maximum atomic E-state index is 12.9. The number of nitrogens with two attached hydrogens (primary N) is 1. The molecule has 0 fully saturated rings. The number of ether oxygens (including phenoxy) is 2. The van der Waals surface area contributed by atoms with Gasteiger partial charge in [-0.05, 0) is 55.3 Å². The largest absolute Gasteiger partial charge is 0.493 e. The lowest BCUT2D eigenvalue weighted by atomic mass is 9.93. The summed E-state index contributed by atoms with van der Waals surface area (Å²) in [5.41, 5.74) is 9.29. The number of methoxy groups -OCH3 is 2. The van der Waals surface area contributed by atoms with Crippen LogP contribution in [0.2, 0.25) is 0 Å². The molecule has 0 spiro atoms. The van der Waals surface area contributed by atoms with Gasteiger partial charge in [-0.3, -0.25) is 9.59 Å². The number of nitrogens with zero attached hydrogens (tertiary/aromatic N) is 2. The number of carbonyl (C=O) groups is 3. The van der Waals surface area contributed by atoms with E-state index in [9.17, 15) is 14.4 Å². The molecule has 38 heavy (non-hydrogen) atoms. The molecule has 0 aliphatic carbocycles. The van der Waals surface area contributed by atoms with Gasteiger partial charge in [-0.2, -0.15) is 5.10 Å². The first-order chi connectivity index (χ1) is 18.3. The number of primary amides is 1. The molecule has 196 valence electrons. The Morgan fingerprint density at radius 3 is 2.29 bits per heavy atom. The molecule has 10 heteroatoms. The number of para-hydroxylation sites is 1. The number of anilines is 1. The Morgan fingerprint density at radius 2 is 1.66 bits per heavy atom. The third kappa shape index (κ3) is 5.15. The maximum absolute atomic E-state index is 12.9. The molecule has 4 amide bonds. The SMILES string of the molecule is CNC(=O)N1N=C(c2ccc(C(=O)Nc3ccccc3C(N)=O)cc2)c2cc(OC)c(OC)cc2CC1C. The molecule has 3 aromatic carbocycles. The molecule has 4 N–H and O–H groups in total. The van der Waals surface area contributed by atoms with E-state index < -0.39 is 11.8 Å². The van der Waals surface area contributed by atoms with Crippen molar-refractivity contribution >= 4 is 29.2 Å². The highest BCUT2D eigenvalue weighted by molar-refractivity contribution is 6.15. The minimum atomic E-state index is -0.636. The highest BCUT2D eigenvalue weighted by atomic mass is 16.5. The quantitative estimate of drug-likeness (QED) is 0.462. The summed E-state index contributed by atoms with van der Waals surface area (Å²) in [4.78, 5) is 37.3. The first kappa shape index (κ1) is 26.2. The number of fused-ring (bicyclic) bond motifs is 1. The van der Waals surface area contributed by atoms with Crippen molar-refractivity contribution in [3.8, 4) is 11.5 Å². The smallest absolute Gasteiger partial charge is 0.337 e. The summed E-state index contributed by atoms with van der Waals surface area (Å²) >= 11 is 0. The number of urea groups is 1. The Morgan fingerprint density at radius 1 is 1.00 bits per heavy atom. The summed E-state index contributed by atoms with van der Waals surface area (Å²) in [7, 11) is 4.68. The predicted molar refractivity (Wildman–Crippen MR) is 144 cm³/mol. The second kappa shape index (κ2) is 11.0. The highest BCUT2D eigenvalue weighted by Crippen LogP contribution is 2.34. The summed E-state index contributed by atoms with van der Waals surface area (Å²) in [6.07, 6.45) is 0.538. The normalized spacial score (nSPS) is 14.5. The highest BCUT2D eigenvalue weighted by Gasteiger charge is 2.28. The van der Waals surface area contributed by atoms with Gasteiger partial charge in [-0.15, -0.1) is 0 Å². The molecule has 10 nitrogen and oxygen atoms in total. The second-order valence-electron chi connectivity index (χ2n) is 8.71. The van der Waals surface area contributed by atoms with Crippen LogP contribution in [0.5, 0.6) is 11.5 Å². The summed E-state index contributed by atoms with van der Waals surface area (Å²) in [5, 5.41) is 11.5. The van der Waals surface area contributed by atoms with Crippen LogP contribution in [0.3, 0.4) is 0 Å². The Hall–Kier alpha value is -4.86. The maximum Gasteiger partial charge on any atom is 0.337 e. The minimum absolute atomic E-state index is 0.217. The van der Waals surface area contributed by atoms with Crippen molar-refractivity contribution in [1.29, 1.82) is 0 Å². The Balaban J connectivity index is 1.74. The molecule has 3 aromatic rings. The van der Waals surface area contributed by atoms with Crippen molar-refractivity contribution in [2.75, 3.05) is 26.6 Å². The third-order valence-corrected chi connectivity index (χ3v) is 6.29. The fourth-order valence-corrected chi connectivity index (χ4v) is 4.33. The predicted octanol–water partition coefficient (Wildman–Crippen LogP) is 3.39. The lowest BCUT2D eigenvalue weighted by Gasteiger charge is -2.22. The fourth-order valence-electron chi connectivity index (χ4n) is 4.33. The molecule has 0 saturated carbocycles. The van der Waals surface area contributed by atoms with E-state index in [1.54, 1.807) is 69.8 Å². The summed E-state index contributed by atoms with van der Waals surface area (Å²) < 4.78 is 11.0. The van der Waals surface area contributed by atoms with Crippen molar-refractivity contribution in [2.24, 2.45) is 10.8 Å². The molecule has 0 bridgehead atoms. The lowest BCUT2D eigenvalue weighted by molar-refractivity contribution is 0.100. The van der Waals surface area contributed by atoms with E-state index in [1.807, 2.05) is 19.1 Å². The van der Waals surface area contributed by atoms with Crippen LogP contribution >= 0.6 is 0 Å². The number of rotatable bonds is 6. The molecular formula is C28H29N5O5. The number of hydrogen-bond acceptors (Lipinski definition) is 6. The second-order valence-corrected chi connectivity index (χ2v) is 8.71. The zero-order chi connectivity index (χ0) is 27.4. The summed E-state index contributed by atoms with van der Waals surface area (Å²) in [5.74, 6) is 0.0716. The van der Waals surface area contributed by atoms with E-state index in [2.05, 4.69) is 10.6 Å². The summed E-state index contributed by atoms with van der Waals surface area (Å²) in [6, 6.07) is 16.5. The fraction of sp³-hybridized carbons (Fsp3) is 0.214. The van der Waals surface area contributed by atoms with Crippen LogP contribution in [-0.4, -0.2) is 55.9 Å². The van der Waals surface area contributed by atoms with E-state index in [1.165, 1.54) is 5.01 Å². The van der Waals surface area contributed by atoms with Gasteiger partial charge in [0.1, 0.15) is 0 Å². The first-order valence-electron chi connectivity index (χ1n) is 11.9. The number of carbonyl (C=O) groups excluding carboxylic acids is 3. The van der Waals surface area contributed by atoms with Gasteiger partial charge in [0.15, 0.2) is 11.5 Å². The molecule has 1 aliphatic heterocycles. The molecule has 1 heterocycles. The van der Waals surface area contributed by atoms with Gasteiger partial charge in [0.05, 0.1) is 37.2 Å². The van der Waals surface area contributed by atoms with E-state index in [4.69, 9.17) is 20.3 Å². The van der Waals surface area contributed by atoms with E-state index >= 15 is 0 Å². The molecule has 1 unspecified atom stereocenters. The number of amides is 4. The number of hydrogen-bond donors (Lipinski definition) is 3. The van der Waals surface area contributed by atoms with Gasteiger partial charge < -0.3 is 25.8 Å². The standard InChI is InChI=1S/C28H29N5O5/c1-16-13-19-14-23(37-3)24(38-4)15-21(19)25(32-33(16)28(36)30-2)17-9-11-18(12-10-17)27(35)31-22-8-6-5-7-20(22)26(29)34/h5-12,14-16H,13H2,1-4H3,(H2,29,34)(H,30,36)(H,31,35). The van der Waals surface area contributed by atoms with Crippen molar-refractivity contribution in [1.82, 2.24) is 10.3 Å². The summed E-state index contributed by atoms with van der Waals surface area (Å²) in [6.45, 7) is 1.92. The number of nitrogens with one attached hydrogen (secondary N) is 2. The first-order valence-corrected chi connectivity index (χ1v) is 11.9. The molecule has 0 radical (unpaired) electrons. The molecular weight excluding hydrogens is 486 g/mol. The zero-order valence-electron chi connectivity index (χ0n) is 21.6. The van der Waals surface area contributed by atoms with E-state index in [0.29, 0.717) is 40.4 Å². The van der Waals surface area contributed by atoms with E-state index in [0.717, 1.165) is 11.1 Å². The number of benzene rings is 3. The van der Waals surface area contributed by atoms with Gasteiger partial charge >= 0.3 is 6.03 Å². The Kier molecular flexibility index (Phi) is 7.61. The molecule has 0 saturated heterocycles. The Bertz CT molecular complexity index is 1420.